The van der Waals surface area contributed by atoms with Gasteiger partial charge < -0.3 is 10.3 Å². The molecule has 0 spiro atoms. The molecule has 2 fully saturated rings. The minimum absolute atomic E-state index is 0.160. The lowest BCUT2D eigenvalue weighted by Gasteiger charge is -2.28. The molecule has 2 N–H and O–H groups in total. The molecule has 2 aliphatic carbocycles. The Morgan fingerprint density at radius 1 is 1.26 bits per heavy atom. The topological polar surface area (TPSA) is 62.0 Å². The lowest BCUT2D eigenvalue weighted by Crippen LogP contribution is -2.40. The van der Waals surface area contributed by atoms with E-state index >= 15 is 0 Å². The Labute approximate surface area is 135 Å². The molecule has 2 saturated carbocycles. The molecule has 2 aliphatic rings. The molecule has 1 aromatic heterocycles. The van der Waals surface area contributed by atoms with Gasteiger partial charge in [0.25, 0.3) is 11.5 Å². The fraction of sp³-hybridized carbons (Fsp3) is 0.474. The molecule has 0 saturated heterocycles. The Hall–Kier alpha value is -2.10. The number of aromatic amines is 1. The number of H-pyrrole nitrogens is 1. The van der Waals surface area contributed by atoms with Gasteiger partial charge >= 0.3 is 0 Å². The third-order valence-electron chi connectivity index (χ3n) is 5.79. The van der Waals surface area contributed by atoms with Gasteiger partial charge in [0.2, 0.25) is 0 Å². The number of carbonyl (C=O) groups is 1. The number of carbonyl (C=O) groups excluding carboxylic acids is 1. The molecule has 2 aromatic rings. The smallest absolute Gasteiger partial charge is 0.268 e. The first-order valence-electron chi connectivity index (χ1n) is 8.55. The van der Waals surface area contributed by atoms with E-state index in [9.17, 15) is 9.59 Å². The second-order valence-corrected chi connectivity index (χ2v) is 7.20. The number of hydrogen-bond donors (Lipinski definition) is 2. The number of amides is 1. The van der Waals surface area contributed by atoms with Crippen molar-refractivity contribution in [3.05, 3.63) is 46.4 Å². The Kier molecular flexibility index (Phi) is 3.47. The van der Waals surface area contributed by atoms with E-state index in [1.165, 1.54) is 25.7 Å². The minimum Gasteiger partial charge on any atom is -0.348 e. The number of aromatic nitrogens is 1. The number of fused-ring (bicyclic) bond motifs is 3. The molecule has 23 heavy (non-hydrogen) atoms. The monoisotopic (exact) mass is 310 g/mol. The number of benzene rings is 1. The Balaban J connectivity index is 1.54. The predicted molar refractivity (Wildman–Crippen MR) is 90.4 cm³/mol. The highest BCUT2D eigenvalue weighted by Crippen LogP contribution is 2.49. The Bertz CT molecular complexity index is 810. The quantitative estimate of drug-likeness (QED) is 0.915. The molecule has 4 atom stereocenters. The first kappa shape index (κ1) is 14.5. The highest BCUT2D eigenvalue weighted by atomic mass is 16.2. The van der Waals surface area contributed by atoms with E-state index in [0.717, 1.165) is 17.2 Å². The molecule has 1 amide bonds. The van der Waals surface area contributed by atoms with Gasteiger partial charge in [0.1, 0.15) is 5.69 Å². The van der Waals surface area contributed by atoms with Gasteiger partial charge in [-0.1, -0.05) is 24.6 Å². The van der Waals surface area contributed by atoms with Crippen LogP contribution >= 0.6 is 0 Å². The zero-order valence-corrected chi connectivity index (χ0v) is 13.3. The lowest BCUT2D eigenvalue weighted by molar-refractivity contribution is 0.0910. The molecule has 120 valence electrons. The summed E-state index contributed by atoms with van der Waals surface area (Å²) in [7, 11) is 0. The van der Waals surface area contributed by atoms with E-state index in [1.54, 1.807) is 12.1 Å². The lowest BCUT2D eigenvalue weighted by atomic mass is 9.84. The molecule has 0 radical (unpaired) electrons. The third kappa shape index (κ3) is 2.56. The maximum absolute atomic E-state index is 12.5. The second-order valence-electron chi connectivity index (χ2n) is 7.20. The highest BCUT2D eigenvalue weighted by molar-refractivity contribution is 5.96. The average molecular weight is 310 g/mol. The summed E-state index contributed by atoms with van der Waals surface area (Å²) >= 11 is 0. The molecule has 1 aromatic carbocycles. The van der Waals surface area contributed by atoms with Crippen LogP contribution in [0, 0.1) is 17.8 Å². The summed E-state index contributed by atoms with van der Waals surface area (Å²) in [6.07, 6.45) is 5.24. The molecule has 4 nitrogen and oxygen atoms in total. The van der Waals surface area contributed by atoms with Gasteiger partial charge in [-0.3, -0.25) is 9.59 Å². The zero-order valence-electron chi connectivity index (χ0n) is 13.3. The summed E-state index contributed by atoms with van der Waals surface area (Å²) in [6.45, 7) is 2.10. The molecular weight excluding hydrogens is 288 g/mol. The van der Waals surface area contributed by atoms with Crippen LogP contribution in [-0.2, 0) is 0 Å². The summed E-state index contributed by atoms with van der Waals surface area (Å²) in [5.74, 6) is 2.05. The Morgan fingerprint density at radius 2 is 2.09 bits per heavy atom. The van der Waals surface area contributed by atoms with Crippen molar-refractivity contribution in [2.75, 3.05) is 0 Å². The van der Waals surface area contributed by atoms with Gasteiger partial charge in [0.15, 0.2) is 0 Å². The third-order valence-corrected chi connectivity index (χ3v) is 5.79. The molecule has 4 unspecified atom stereocenters. The number of rotatable bonds is 3. The van der Waals surface area contributed by atoms with E-state index in [4.69, 9.17) is 0 Å². The van der Waals surface area contributed by atoms with Gasteiger partial charge in [-0.05, 0) is 61.5 Å². The van der Waals surface area contributed by atoms with Gasteiger partial charge in [-0.2, -0.15) is 0 Å². The van der Waals surface area contributed by atoms with Crippen LogP contribution in [0.5, 0.6) is 0 Å². The molecule has 1 heterocycles. The second kappa shape index (κ2) is 5.52. The fourth-order valence-electron chi connectivity index (χ4n) is 4.63. The SMILES string of the molecule is CC(NC(=O)c1cc2ccccc2c(=O)[nH]1)C1CC2CCC1C2. The van der Waals surface area contributed by atoms with Crippen LogP contribution in [0.4, 0.5) is 0 Å². The van der Waals surface area contributed by atoms with Crippen LogP contribution in [0.1, 0.15) is 43.1 Å². The molecule has 4 rings (SSSR count). The van der Waals surface area contributed by atoms with Gasteiger partial charge in [0, 0.05) is 11.4 Å². The van der Waals surface area contributed by atoms with Crippen molar-refractivity contribution in [2.45, 2.75) is 38.6 Å². The van der Waals surface area contributed by atoms with Gasteiger partial charge in [-0.25, -0.2) is 0 Å². The van der Waals surface area contributed by atoms with Crippen LogP contribution < -0.4 is 10.9 Å². The highest BCUT2D eigenvalue weighted by Gasteiger charge is 2.42. The van der Waals surface area contributed by atoms with Crippen LogP contribution in [0.2, 0.25) is 0 Å². The molecular formula is C19H22N2O2. The fourth-order valence-corrected chi connectivity index (χ4v) is 4.63. The average Bonchev–Trinajstić information content (AvgIpc) is 3.18. The normalized spacial score (nSPS) is 27.3. The van der Waals surface area contributed by atoms with Crippen molar-refractivity contribution >= 4 is 16.7 Å². The van der Waals surface area contributed by atoms with Crippen molar-refractivity contribution in [1.82, 2.24) is 10.3 Å². The maximum Gasteiger partial charge on any atom is 0.268 e. The van der Waals surface area contributed by atoms with E-state index in [-0.39, 0.29) is 17.5 Å². The van der Waals surface area contributed by atoms with Crippen LogP contribution in [0.3, 0.4) is 0 Å². The summed E-state index contributed by atoms with van der Waals surface area (Å²) in [5, 5.41) is 4.52. The van der Waals surface area contributed by atoms with Gasteiger partial charge in [-0.15, -0.1) is 0 Å². The largest absolute Gasteiger partial charge is 0.348 e. The van der Waals surface area contributed by atoms with Gasteiger partial charge in [0.05, 0.1) is 0 Å². The number of nitrogens with one attached hydrogen (secondary N) is 2. The summed E-state index contributed by atoms with van der Waals surface area (Å²) in [4.78, 5) is 27.4. The molecule has 2 bridgehead atoms. The minimum atomic E-state index is -0.208. The summed E-state index contributed by atoms with van der Waals surface area (Å²) in [6, 6.07) is 9.26. The summed E-state index contributed by atoms with van der Waals surface area (Å²) in [5.41, 5.74) is 0.143. The predicted octanol–water partition coefficient (Wildman–Crippen LogP) is 3.08. The van der Waals surface area contributed by atoms with Crippen molar-refractivity contribution in [3.63, 3.8) is 0 Å². The molecule has 0 aliphatic heterocycles. The first-order chi connectivity index (χ1) is 11.1. The number of hydrogen-bond acceptors (Lipinski definition) is 2. The maximum atomic E-state index is 12.5. The summed E-state index contributed by atoms with van der Waals surface area (Å²) < 4.78 is 0. The van der Waals surface area contributed by atoms with Crippen molar-refractivity contribution < 1.29 is 4.79 Å². The van der Waals surface area contributed by atoms with Crippen molar-refractivity contribution in [1.29, 1.82) is 0 Å². The van der Waals surface area contributed by atoms with E-state index in [2.05, 4.69) is 17.2 Å². The van der Waals surface area contributed by atoms with Crippen molar-refractivity contribution in [3.8, 4) is 0 Å². The van der Waals surface area contributed by atoms with E-state index < -0.39 is 0 Å². The first-order valence-corrected chi connectivity index (χ1v) is 8.55. The standard InChI is InChI=1S/C19H22N2O2/c1-11(16-9-12-6-7-14(16)8-12)20-19(23)17-10-13-4-2-3-5-15(13)18(22)21-17/h2-5,10-12,14,16H,6-9H2,1H3,(H,20,23)(H,21,22). The van der Waals surface area contributed by atoms with E-state index in [1.807, 2.05) is 18.2 Å². The number of pyridine rings is 1. The zero-order chi connectivity index (χ0) is 16.0. The Morgan fingerprint density at radius 3 is 2.83 bits per heavy atom. The molecule has 4 heteroatoms. The van der Waals surface area contributed by atoms with Crippen molar-refractivity contribution in [2.24, 2.45) is 17.8 Å². The van der Waals surface area contributed by atoms with Crippen LogP contribution in [0.15, 0.2) is 35.1 Å². The van der Waals surface area contributed by atoms with E-state index in [0.29, 0.717) is 17.0 Å². The van der Waals surface area contributed by atoms with Crippen LogP contribution in [0.25, 0.3) is 10.8 Å². The van der Waals surface area contributed by atoms with Crippen LogP contribution in [-0.4, -0.2) is 16.9 Å².